The lowest BCUT2D eigenvalue weighted by molar-refractivity contribution is -0.137. The van der Waals surface area contributed by atoms with Crippen LogP contribution in [0.3, 0.4) is 0 Å². The number of hydrogen-bond acceptors (Lipinski definition) is 3. The summed E-state index contributed by atoms with van der Waals surface area (Å²) in [6.07, 6.45) is 0.645. The molecule has 2 N–H and O–H groups in total. The molecule has 0 saturated carbocycles. The Morgan fingerprint density at radius 3 is 2.40 bits per heavy atom. The van der Waals surface area contributed by atoms with E-state index in [-0.39, 0.29) is 18.2 Å². The van der Waals surface area contributed by atoms with Crippen LogP contribution in [0.25, 0.3) is 0 Å². The smallest absolute Gasteiger partial charge is 0.305 e. The van der Waals surface area contributed by atoms with Crippen LogP contribution in [0.1, 0.15) is 48.2 Å². The largest absolute Gasteiger partial charge is 0.481 e. The molecule has 1 aromatic rings. The zero-order chi connectivity index (χ0) is 15.3. The molecule has 4 heteroatoms. The van der Waals surface area contributed by atoms with E-state index in [1.54, 1.807) is 6.07 Å². The Morgan fingerprint density at radius 2 is 1.90 bits per heavy atom. The number of hydrogen-bond donors (Lipinski definition) is 2. The molecule has 0 bridgehead atoms. The molecule has 0 amide bonds. The van der Waals surface area contributed by atoms with Crippen molar-refractivity contribution in [2.45, 2.75) is 52.6 Å². The van der Waals surface area contributed by atoms with E-state index in [2.05, 4.69) is 5.32 Å². The van der Waals surface area contributed by atoms with Gasteiger partial charge in [-0.15, -0.1) is 0 Å². The summed E-state index contributed by atoms with van der Waals surface area (Å²) >= 11 is 0. The van der Waals surface area contributed by atoms with E-state index in [1.807, 2.05) is 39.8 Å². The predicted octanol–water partition coefficient (Wildman–Crippen LogP) is 2.72. The van der Waals surface area contributed by atoms with E-state index in [0.717, 1.165) is 17.5 Å². The van der Waals surface area contributed by atoms with E-state index in [0.29, 0.717) is 5.56 Å². The van der Waals surface area contributed by atoms with Crippen LogP contribution >= 0.6 is 0 Å². The quantitative estimate of drug-likeness (QED) is 0.752. The molecule has 0 aliphatic heterocycles. The zero-order valence-electron chi connectivity index (χ0n) is 12.6. The Hall–Kier alpha value is -1.68. The molecular formula is C16H23NO3. The molecular weight excluding hydrogens is 254 g/mol. The molecule has 0 fully saturated rings. The number of carboxylic acid groups (broad SMARTS) is 1. The van der Waals surface area contributed by atoms with Crippen molar-refractivity contribution in [1.82, 2.24) is 5.32 Å². The molecule has 1 rings (SSSR count). The van der Waals surface area contributed by atoms with Crippen molar-refractivity contribution >= 4 is 11.8 Å². The SMILES string of the molecule is CCC(C)NC(CC(=O)O)C(=O)c1ccc(C)c(C)c1. The van der Waals surface area contributed by atoms with E-state index in [9.17, 15) is 9.59 Å². The van der Waals surface area contributed by atoms with Crippen LogP contribution in [0.4, 0.5) is 0 Å². The summed E-state index contributed by atoms with van der Waals surface area (Å²) in [5.41, 5.74) is 2.72. The number of carbonyl (C=O) groups is 2. The van der Waals surface area contributed by atoms with Gasteiger partial charge in [0.2, 0.25) is 0 Å². The molecule has 0 aromatic heterocycles. The number of aliphatic carboxylic acids is 1. The first-order valence-corrected chi connectivity index (χ1v) is 6.94. The van der Waals surface area contributed by atoms with Crippen molar-refractivity contribution in [3.8, 4) is 0 Å². The third-order valence-corrected chi connectivity index (χ3v) is 3.58. The van der Waals surface area contributed by atoms with Gasteiger partial charge < -0.3 is 10.4 Å². The van der Waals surface area contributed by atoms with Crippen molar-refractivity contribution in [1.29, 1.82) is 0 Å². The van der Waals surface area contributed by atoms with Gasteiger partial charge in [0.25, 0.3) is 0 Å². The highest BCUT2D eigenvalue weighted by molar-refractivity contribution is 6.01. The van der Waals surface area contributed by atoms with Gasteiger partial charge in [0, 0.05) is 11.6 Å². The fraction of sp³-hybridized carbons (Fsp3) is 0.500. The Balaban J connectivity index is 2.96. The maximum Gasteiger partial charge on any atom is 0.305 e. The Labute approximate surface area is 120 Å². The molecule has 20 heavy (non-hydrogen) atoms. The van der Waals surface area contributed by atoms with Crippen molar-refractivity contribution in [3.63, 3.8) is 0 Å². The van der Waals surface area contributed by atoms with Crippen molar-refractivity contribution < 1.29 is 14.7 Å². The summed E-state index contributed by atoms with van der Waals surface area (Å²) in [6, 6.07) is 4.91. The topological polar surface area (TPSA) is 66.4 Å². The Morgan fingerprint density at radius 1 is 1.25 bits per heavy atom. The molecule has 0 saturated heterocycles. The molecule has 1 aromatic carbocycles. The van der Waals surface area contributed by atoms with Gasteiger partial charge >= 0.3 is 5.97 Å². The van der Waals surface area contributed by atoms with E-state index < -0.39 is 12.0 Å². The second kappa shape index (κ2) is 7.20. The number of carboxylic acids is 1. The number of ketones is 1. The average Bonchev–Trinajstić information content (AvgIpc) is 2.39. The molecule has 110 valence electrons. The highest BCUT2D eigenvalue weighted by Gasteiger charge is 2.24. The maximum absolute atomic E-state index is 12.5. The van der Waals surface area contributed by atoms with Gasteiger partial charge in [0.1, 0.15) is 0 Å². The summed E-state index contributed by atoms with van der Waals surface area (Å²) < 4.78 is 0. The first-order valence-electron chi connectivity index (χ1n) is 6.94. The number of carbonyl (C=O) groups excluding carboxylic acids is 1. The summed E-state index contributed by atoms with van der Waals surface area (Å²) in [6.45, 7) is 7.87. The molecule has 4 nitrogen and oxygen atoms in total. The summed E-state index contributed by atoms with van der Waals surface area (Å²) in [4.78, 5) is 23.4. The second-order valence-electron chi connectivity index (χ2n) is 5.29. The molecule has 0 heterocycles. The fourth-order valence-electron chi connectivity index (χ4n) is 1.96. The van der Waals surface area contributed by atoms with Gasteiger partial charge in [-0.25, -0.2) is 0 Å². The standard InChI is InChI=1S/C16H23NO3/c1-5-12(4)17-14(9-15(18)19)16(20)13-7-6-10(2)11(3)8-13/h6-8,12,14,17H,5,9H2,1-4H3,(H,18,19). The van der Waals surface area contributed by atoms with Crippen molar-refractivity contribution in [2.24, 2.45) is 0 Å². The lowest BCUT2D eigenvalue weighted by Crippen LogP contribution is -2.43. The molecule has 0 aliphatic carbocycles. The third kappa shape index (κ3) is 4.46. The molecule has 2 atom stereocenters. The van der Waals surface area contributed by atoms with Gasteiger partial charge in [-0.2, -0.15) is 0 Å². The maximum atomic E-state index is 12.5. The minimum atomic E-state index is -0.969. The highest BCUT2D eigenvalue weighted by Crippen LogP contribution is 2.13. The van der Waals surface area contributed by atoms with Gasteiger partial charge in [0.15, 0.2) is 5.78 Å². The lowest BCUT2D eigenvalue weighted by Gasteiger charge is -2.20. The van der Waals surface area contributed by atoms with E-state index in [1.165, 1.54) is 0 Å². The fourth-order valence-corrected chi connectivity index (χ4v) is 1.96. The van der Waals surface area contributed by atoms with Crippen molar-refractivity contribution in [2.75, 3.05) is 0 Å². The van der Waals surface area contributed by atoms with Gasteiger partial charge in [0.05, 0.1) is 12.5 Å². The summed E-state index contributed by atoms with van der Waals surface area (Å²) in [5, 5.41) is 12.1. The van der Waals surface area contributed by atoms with Crippen molar-refractivity contribution in [3.05, 3.63) is 34.9 Å². The van der Waals surface area contributed by atoms with Crippen LogP contribution in [0.5, 0.6) is 0 Å². The summed E-state index contributed by atoms with van der Waals surface area (Å²) in [7, 11) is 0. The number of Topliss-reactive ketones (excluding diaryl/α,β-unsaturated/α-hetero) is 1. The van der Waals surface area contributed by atoms with Crippen LogP contribution < -0.4 is 5.32 Å². The van der Waals surface area contributed by atoms with Crippen LogP contribution in [-0.4, -0.2) is 28.9 Å². The Bertz CT molecular complexity index is 496. The normalized spacial score (nSPS) is 13.8. The highest BCUT2D eigenvalue weighted by atomic mass is 16.4. The first-order chi connectivity index (χ1) is 9.35. The molecule has 0 aliphatic rings. The molecule has 0 spiro atoms. The van der Waals surface area contributed by atoms with Crippen LogP contribution in [0.2, 0.25) is 0 Å². The van der Waals surface area contributed by atoms with E-state index in [4.69, 9.17) is 5.11 Å². The lowest BCUT2D eigenvalue weighted by atomic mass is 9.97. The Kier molecular flexibility index (Phi) is 5.89. The number of nitrogens with one attached hydrogen (secondary N) is 1. The van der Waals surface area contributed by atoms with Crippen LogP contribution in [0.15, 0.2) is 18.2 Å². The number of aryl methyl sites for hydroxylation is 2. The minimum Gasteiger partial charge on any atom is -0.481 e. The third-order valence-electron chi connectivity index (χ3n) is 3.58. The second-order valence-corrected chi connectivity index (χ2v) is 5.29. The van der Waals surface area contributed by atoms with Crippen LogP contribution in [0, 0.1) is 13.8 Å². The van der Waals surface area contributed by atoms with Gasteiger partial charge in [-0.1, -0.05) is 19.1 Å². The monoisotopic (exact) mass is 277 g/mol. The summed E-state index contributed by atoms with van der Waals surface area (Å²) in [5.74, 6) is -1.13. The minimum absolute atomic E-state index is 0.106. The van der Waals surface area contributed by atoms with Crippen LogP contribution in [-0.2, 0) is 4.79 Å². The molecule has 0 radical (unpaired) electrons. The number of rotatable bonds is 7. The predicted molar refractivity (Wildman–Crippen MR) is 79.2 cm³/mol. The number of benzene rings is 1. The van der Waals surface area contributed by atoms with Gasteiger partial charge in [-0.3, -0.25) is 9.59 Å². The van der Waals surface area contributed by atoms with Gasteiger partial charge in [-0.05, 0) is 44.4 Å². The molecule has 2 unspecified atom stereocenters. The zero-order valence-corrected chi connectivity index (χ0v) is 12.6. The first kappa shape index (κ1) is 16.4. The van der Waals surface area contributed by atoms with E-state index >= 15 is 0 Å². The average molecular weight is 277 g/mol.